The van der Waals surface area contributed by atoms with E-state index in [9.17, 15) is 4.79 Å². The largest absolute Gasteiger partial charge is 0.464 e. The summed E-state index contributed by atoms with van der Waals surface area (Å²) in [5, 5.41) is 0. The van der Waals surface area contributed by atoms with Crippen LogP contribution in [0, 0.1) is 0 Å². The van der Waals surface area contributed by atoms with Crippen LogP contribution in [0.25, 0.3) is 0 Å². The van der Waals surface area contributed by atoms with E-state index < -0.39 is 5.97 Å². The number of aromatic nitrogens is 2. The molecule has 0 bridgehead atoms. The molecular formula is C8H11N3O2. The van der Waals surface area contributed by atoms with Gasteiger partial charge in [0.05, 0.1) is 7.11 Å². The average Bonchev–Trinajstić information content (AvgIpc) is 2.17. The van der Waals surface area contributed by atoms with Crippen molar-refractivity contribution in [3.63, 3.8) is 0 Å². The highest BCUT2D eigenvalue weighted by atomic mass is 16.5. The van der Waals surface area contributed by atoms with Crippen molar-refractivity contribution in [1.82, 2.24) is 9.97 Å². The summed E-state index contributed by atoms with van der Waals surface area (Å²) in [6.45, 7) is 0. The average molecular weight is 181 g/mol. The maximum atomic E-state index is 11.1. The first-order valence-electron chi connectivity index (χ1n) is 3.73. The molecule has 13 heavy (non-hydrogen) atoms. The smallest absolute Gasteiger partial charge is 0.356 e. The first kappa shape index (κ1) is 9.44. The zero-order valence-electron chi connectivity index (χ0n) is 7.81. The Morgan fingerprint density at radius 3 is 2.69 bits per heavy atom. The summed E-state index contributed by atoms with van der Waals surface area (Å²) in [5.74, 6) is 0.223. The first-order chi connectivity index (χ1) is 6.15. The van der Waals surface area contributed by atoms with E-state index in [4.69, 9.17) is 0 Å². The molecule has 5 heteroatoms. The topological polar surface area (TPSA) is 55.3 Å². The Bertz CT molecular complexity index is 312. The number of methoxy groups -OCH3 is 1. The summed E-state index contributed by atoms with van der Waals surface area (Å²) in [4.78, 5) is 20.6. The minimum atomic E-state index is -0.453. The van der Waals surface area contributed by atoms with Gasteiger partial charge in [-0.25, -0.2) is 14.8 Å². The first-order valence-corrected chi connectivity index (χ1v) is 3.73. The third kappa shape index (κ3) is 2.14. The lowest BCUT2D eigenvalue weighted by Gasteiger charge is -2.10. The molecule has 0 saturated carbocycles. The van der Waals surface area contributed by atoms with Gasteiger partial charge in [-0.1, -0.05) is 0 Å². The maximum absolute atomic E-state index is 11.1. The highest BCUT2D eigenvalue weighted by Crippen LogP contribution is 2.07. The molecule has 0 unspecified atom stereocenters. The number of carbonyl (C=O) groups excluding carboxylic acids is 1. The van der Waals surface area contributed by atoms with Gasteiger partial charge in [-0.2, -0.15) is 0 Å². The molecule has 0 saturated heterocycles. The lowest BCUT2D eigenvalue weighted by atomic mass is 10.4. The quantitative estimate of drug-likeness (QED) is 0.615. The Morgan fingerprint density at radius 2 is 2.15 bits per heavy atom. The van der Waals surface area contributed by atoms with Crippen LogP contribution in [0.3, 0.4) is 0 Å². The Labute approximate surface area is 76.4 Å². The fourth-order valence-electron chi connectivity index (χ4n) is 0.808. The van der Waals surface area contributed by atoms with E-state index in [0.717, 1.165) is 0 Å². The van der Waals surface area contributed by atoms with Crippen molar-refractivity contribution < 1.29 is 9.53 Å². The van der Waals surface area contributed by atoms with Crippen molar-refractivity contribution >= 4 is 11.8 Å². The standard InChI is InChI=1S/C8H11N3O2/c1-11(2)7-4-6(8(12)13-3)9-5-10-7/h4-5H,1-3H3. The molecule has 0 atom stereocenters. The number of carbonyl (C=O) groups is 1. The minimum absolute atomic E-state index is 0.265. The van der Waals surface area contributed by atoms with E-state index in [2.05, 4.69) is 14.7 Å². The highest BCUT2D eigenvalue weighted by molar-refractivity contribution is 5.87. The second kappa shape index (κ2) is 3.84. The van der Waals surface area contributed by atoms with E-state index in [-0.39, 0.29) is 5.69 Å². The molecule has 5 nitrogen and oxygen atoms in total. The van der Waals surface area contributed by atoms with Crippen LogP contribution in [-0.4, -0.2) is 37.1 Å². The Morgan fingerprint density at radius 1 is 1.46 bits per heavy atom. The predicted molar refractivity (Wildman–Crippen MR) is 47.7 cm³/mol. The molecule has 1 aromatic rings. The number of hydrogen-bond donors (Lipinski definition) is 0. The van der Waals surface area contributed by atoms with Crippen LogP contribution in [0.1, 0.15) is 10.5 Å². The van der Waals surface area contributed by atoms with Crippen molar-refractivity contribution in [2.45, 2.75) is 0 Å². The van der Waals surface area contributed by atoms with E-state index >= 15 is 0 Å². The third-order valence-corrected chi connectivity index (χ3v) is 1.51. The van der Waals surface area contributed by atoms with Gasteiger partial charge in [0.25, 0.3) is 0 Å². The van der Waals surface area contributed by atoms with Crippen LogP contribution in [0.2, 0.25) is 0 Å². The number of esters is 1. The molecule has 0 amide bonds. The second-order valence-corrected chi connectivity index (χ2v) is 2.65. The van der Waals surface area contributed by atoms with Crippen molar-refractivity contribution in [3.05, 3.63) is 18.1 Å². The Balaban J connectivity index is 2.98. The molecule has 0 N–H and O–H groups in total. The molecule has 1 aromatic heterocycles. The van der Waals surface area contributed by atoms with Gasteiger partial charge >= 0.3 is 5.97 Å². The van der Waals surface area contributed by atoms with Crippen molar-refractivity contribution in [2.75, 3.05) is 26.1 Å². The van der Waals surface area contributed by atoms with Gasteiger partial charge in [-0.15, -0.1) is 0 Å². The van der Waals surface area contributed by atoms with Crippen LogP contribution in [0.5, 0.6) is 0 Å². The summed E-state index contributed by atoms with van der Waals surface area (Å²) in [6.07, 6.45) is 1.33. The van der Waals surface area contributed by atoms with Gasteiger partial charge in [-0.05, 0) is 0 Å². The molecule has 1 heterocycles. The summed E-state index contributed by atoms with van der Waals surface area (Å²) >= 11 is 0. The third-order valence-electron chi connectivity index (χ3n) is 1.51. The van der Waals surface area contributed by atoms with Gasteiger partial charge in [0.15, 0.2) is 5.69 Å². The lowest BCUT2D eigenvalue weighted by Crippen LogP contribution is -2.13. The summed E-state index contributed by atoms with van der Waals surface area (Å²) in [5.41, 5.74) is 0.265. The van der Waals surface area contributed by atoms with Crippen LogP contribution < -0.4 is 4.90 Å². The van der Waals surface area contributed by atoms with Crippen LogP contribution in [-0.2, 0) is 4.74 Å². The Kier molecular flexibility index (Phi) is 2.79. The molecule has 1 rings (SSSR count). The van der Waals surface area contributed by atoms with Gasteiger partial charge in [0.1, 0.15) is 12.1 Å². The zero-order chi connectivity index (χ0) is 9.84. The van der Waals surface area contributed by atoms with Gasteiger partial charge in [0.2, 0.25) is 0 Å². The minimum Gasteiger partial charge on any atom is -0.464 e. The fourth-order valence-corrected chi connectivity index (χ4v) is 0.808. The number of ether oxygens (including phenoxy) is 1. The van der Waals surface area contributed by atoms with Crippen molar-refractivity contribution in [2.24, 2.45) is 0 Å². The second-order valence-electron chi connectivity index (χ2n) is 2.65. The van der Waals surface area contributed by atoms with Crippen LogP contribution >= 0.6 is 0 Å². The fraction of sp³-hybridized carbons (Fsp3) is 0.375. The zero-order valence-corrected chi connectivity index (χ0v) is 7.81. The van der Waals surface area contributed by atoms with Crippen LogP contribution in [0.4, 0.5) is 5.82 Å². The Hall–Kier alpha value is -1.65. The van der Waals surface area contributed by atoms with E-state index in [1.54, 1.807) is 11.0 Å². The molecule has 0 aliphatic rings. The monoisotopic (exact) mass is 181 g/mol. The molecule has 0 spiro atoms. The van der Waals surface area contributed by atoms with E-state index in [1.165, 1.54) is 13.4 Å². The van der Waals surface area contributed by atoms with E-state index in [1.807, 2.05) is 14.1 Å². The number of hydrogen-bond acceptors (Lipinski definition) is 5. The normalized spacial score (nSPS) is 9.46. The summed E-state index contributed by atoms with van der Waals surface area (Å²) in [6, 6.07) is 1.58. The molecule has 0 aliphatic heterocycles. The molecule has 70 valence electrons. The number of anilines is 1. The van der Waals surface area contributed by atoms with E-state index in [0.29, 0.717) is 5.82 Å². The summed E-state index contributed by atoms with van der Waals surface area (Å²) < 4.78 is 4.52. The van der Waals surface area contributed by atoms with Crippen LogP contribution in [0.15, 0.2) is 12.4 Å². The molecular weight excluding hydrogens is 170 g/mol. The molecule has 0 aromatic carbocycles. The molecule has 0 aliphatic carbocycles. The van der Waals surface area contributed by atoms with Gasteiger partial charge in [0, 0.05) is 20.2 Å². The van der Waals surface area contributed by atoms with Crippen molar-refractivity contribution in [1.29, 1.82) is 0 Å². The van der Waals surface area contributed by atoms with Gasteiger partial charge < -0.3 is 9.64 Å². The predicted octanol–water partition coefficient (Wildman–Crippen LogP) is 0.329. The summed E-state index contributed by atoms with van der Waals surface area (Å²) in [7, 11) is 4.99. The highest BCUT2D eigenvalue weighted by Gasteiger charge is 2.08. The van der Waals surface area contributed by atoms with Gasteiger partial charge in [-0.3, -0.25) is 0 Å². The molecule has 0 fully saturated rings. The maximum Gasteiger partial charge on any atom is 0.356 e. The number of rotatable bonds is 2. The SMILES string of the molecule is COC(=O)c1cc(N(C)C)ncn1. The number of nitrogens with zero attached hydrogens (tertiary/aromatic N) is 3. The van der Waals surface area contributed by atoms with Crippen molar-refractivity contribution in [3.8, 4) is 0 Å². The molecule has 0 radical (unpaired) electrons. The lowest BCUT2D eigenvalue weighted by molar-refractivity contribution is 0.0594.